The topological polar surface area (TPSA) is 99.1 Å². The number of hydrogen-bond donors (Lipinski definition) is 1. The summed E-state index contributed by atoms with van der Waals surface area (Å²) in [6.07, 6.45) is 10.7. The van der Waals surface area contributed by atoms with E-state index in [1.165, 1.54) is 6.08 Å². The molecule has 0 aromatic rings. The van der Waals surface area contributed by atoms with Crippen LogP contribution >= 0.6 is 0 Å². The average molecular weight is 451 g/mol. The molecule has 0 spiro atoms. The number of rotatable bonds is 14. The fourth-order valence-electron chi connectivity index (χ4n) is 4.14. The van der Waals surface area contributed by atoms with E-state index in [0.717, 1.165) is 32.1 Å². The van der Waals surface area contributed by atoms with E-state index in [2.05, 4.69) is 6.92 Å². The second-order valence-electron chi connectivity index (χ2n) is 9.12. The zero-order valence-electron chi connectivity index (χ0n) is 19.5. The standard InChI is InChI=1S/C25H38O7/c1-4-5-8-11-18(26)14-15-20-19(22(28)24-23(20)31-25(29)32-24)12-9-6-7-10-13-21(27)30-16-17(2)3/h10,13-15,17-20,23-24,26H,4-9,11-12,16H2,1-3H3/b13-10?,15-14+/t18-,19?,20?,23?,24?/m0/s1. The van der Waals surface area contributed by atoms with Crippen molar-refractivity contribution >= 4 is 17.9 Å². The Morgan fingerprint density at radius 2 is 1.94 bits per heavy atom. The van der Waals surface area contributed by atoms with Gasteiger partial charge >= 0.3 is 12.1 Å². The van der Waals surface area contributed by atoms with Gasteiger partial charge in [-0.2, -0.15) is 0 Å². The molecule has 1 heterocycles. The first-order valence-corrected chi connectivity index (χ1v) is 11.9. The zero-order chi connectivity index (χ0) is 23.5. The third-order valence-corrected chi connectivity index (χ3v) is 5.85. The van der Waals surface area contributed by atoms with Crippen LogP contribution in [-0.2, 0) is 23.8 Å². The van der Waals surface area contributed by atoms with E-state index in [-0.39, 0.29) is 23.6 Å². The number of ketones is 1. The number of hydrogen-bond acceptors (Lipinski definition) is 7. The van der Waals surface area contributed by atoms with Crippen LogP contribution in [0.15, 0.2) is 24.3 Å². The highest BCUT2D eigenvalue weighted by molar-refractivity contribution is 5.92. The molecule has 2 fully saturated rings. The highest BCUT2D eigenvalue weighted by Gasteiger charge is 2.56. The highest BCUT2D eigenvalue weighted by Crippen LogP contribution is 2.41. The highest BCUT2D eigenvalue weighted by atomic mass is 16.8. The summed E-state index contributed by atoms with van der Waals surface area (Å²) in [4.78, 5) is 35.9. The Labute approximate surface area is 191 Å². The largest absolute Gasteiger partial charge is 0.509 e. The van der Waals surface area contributed by atoms with Gasteiger partial charge in [-0.05, 0) is 31.6 Å². The molecule has 1 saturated carbocycles. The fourth-order valence-corrected chi connectivity index (χ4v) is 4.14. The number of carbonyl (C=O) groups excluding carboxylic acids is 3. The van der Waals surface area contributed by atoms with Crippen LogP contribution in [0.4, 0.5) is 4.79 Å². The predicted octanol–water partition coefficient (Wildman–Crippen LogP) is 4.52. The van der Waals surface area contributed by atoms with Crippen molar-refractivity contribution in [2.75, 3.05) is 6.61 Å². The van der Waals surface area contributed by atoms with Crippen LogP contribution in [-0.4, -0.2) is 47.9 Å². The number of aliphatic hydroxyl groups is 1. The molecule has 2 aliphatic rings. The second kappa shape index (κ2) is 13.4. The molecule has 180 valence electrons. The first-order chi connectivity index (χ1) is 15.3. The minimum Gasteiger partial charge on any atom is -0.462 e. The van der Waals surface area contributed by atoms with E-state index >= 15 is 0 Å². The monoisotopic (exact) mass is 450 g/mol. The van der Waals surface area contributed by atoms with Crippen molar-refractivity contribution in [3.63, 3.8) is 0 Å². The molecule has 0 aromatic heterocycles. The third-order valence-electron chi connectivity index (χ3n) is 5.85. The maximum atomic E-state index is 12.8. The Hall–Kier alpha value is -2.15. The number of unbranched alkanes of at least 4 members (excludes halogenated alkanes) is 4. The SMILES string of the molecule is CCCCC[C@H](O)/C=C/C1C(CCCCC=CC(=O)OCC(C)C)C(=O)C2OC(=O)OC21. The van der Waals surface area contributed by atoms with Gasteiger partial charge in [0.15, 0.2) is 11.9 Å². The summed E-state index contributed by atoms with van der Waals surface area (Å²) in [7, 11) is 0. The van der Waals surface area contributed by atoms with Gasteiger partial charge in [0.05, 0.1) is 12.7 Å². The Balaban J connectivity index is 1.84. The minimum atomic E-state index is -0.852. The van der Waals surface area contributed by atoms with Crippen molar-refractivity contribution in [2.45, 2.75) is 90.4 Å². The number of allylic oxidation sites excluding steroid dienone is 1. The van der Waals surface area contributed by atoms with Crippen molar-refractivity contribution in [3.8, 4) is 0 Å². The van der Waals surface area contributed by atoms with E-state index in [1.807, 2.05) is 19.9 Å². The lowest BCUT2D eigenvalue weighted by molar-refractivity contribution is -0.138. The molecule has 7 nitrogen and oxygen atoms in total. The number of aliphatic hydroxyl groups excluding tert-OH is 1. The molecule has 0 bridgehead atoms. The van der Waals surface area contributed by atoms with Crippen molar-refractivity contribution in [2.24, 2.45) is 17.8 Å². The molecular formula is C25H38O7. The molecule has 1 aliphatic heterocycles. The zero-order valence-corrected chi connectivity index (χ0v) is 19.5. The average Bonchev–Trinajstić information content (AvgIpc) is 3.23. The van der Waals surface area contributed by atoms with Gasteiger partial charge < -0.3 is 19.3 Å². The number of esters is 1. The predicted molar refractivity (Wildman–Crippen MR) is 120 cm³/mol. The first kappa shape index (κ1) is 26.1. The molecule has 1 aliphatic carbocycles. The summed E-state index contributed by atoms with van der Waals surface area (Å²) < 4.78 is 15.4. The van der Waals surface area contributed by atoms with Crippen molar-refractivity contribution in [3.05, 3.63) is 24.3 Å². The summed E-state index contributed by atoms with van der Waals surface area (Å²) in [6, 6.07) is 0. The Morgan fingerprint density at radius 3 is 2.66 bits per heavy atom. The van der Waals surface area contributed by atoms with Gasteiger partial charge in [0.2, 0.25) is 6.10 Å². The molecule has 32 heavy (non-hydrogen) atoms. The Bertz CT molecular complexity index is 682. The van der Waals surface area contributed by atoms with Gasteiger partial charge in [-0.25, -0.2) is 9.59 Å². The van der Waals surface area contributed by atoms with Crippen LogP contribution in [0, 0.1) is 17.8 Å². The Kier molecular flexibility index (Phi) is 10.9. The molecule has 1 saturated heterocycles. The molecule has 1 N–H and O–H groups in total. The van der Waals surface area contributed by atoms with Crippen LogP contribution in [0.1, 0.15) is 72.1 Å². The van der Waals surface area contributed by atoms with Crippen molar-refractivity contribution < 1.29 is 33.7 Å². The van der Waals surface area contributed by atoms with Gasteiger partial charge in [-0.1, -0.05) is 64.7 Å². The number of carbonyl (C=O) groups is 3. The molecule has 2 rings (SSSR count). The number of fused-ring (bicyclic) bond motifs is 1. The molecule has 0 radical (unpaired) electrons. The normalized spacial score (nSPS) is 26.0. The van der Waals surface area contributed by atoms with E-state index in [4.69, 9.17) is 14.2 Å². The summed E-state index contributed by atoms with van der Waals surface area (Å²) in [5.41, 5.74) is 0. The minimum absolute atomic E-state index is 0.108. The van der Waals surface area contributed by atoms with Crippen LogP contribution in [0.2, 0.25) is 0 Å². The van der Waals surface area contributed by atoms with Gasteiger partial charge in [0.1, 0.15) is 0 Å². The van der Waals surface area contributed by atoms with Gasteiger partial charge in [-0.3, -0.25) is 4.79 Å². The number of Topliss-reactive ketones (excluding diaryl/α,β-unsaturated/α-hetero) is 1. The smallest absolute Gasteiger partial charge is 0.462 e. The van der Waals surface area contributed by atoms with Gasteiger partial charge in [0.25, 0.3) is 0 Å². The lowest BCUT2D eigenvalue weighted by Crippen LogP contribution is -2.24. The van der Waals surface area contributed by atoms with Crippen LogP contribution < -0.4 is 0 Å². The molecule has 0 amide bonds. The van der Waals surface area contributed by atoms with Crippen molar-refractivity contribution in [1.29, 1.82) is 0 Å². The van der Waals surface area contributed by atoms with E-state index < -0.39 is 24.5 Å². The van der Waals surface area contributed by atoms with Gasteiger partial charge in [-0.15, -0.1) is 0 Å². The van der Waals surface area contributed by atoms with Gasteiger partial charge in [0, 0.05) is 17.9 Å². The summed E-state index contributed by atoms with van der Waals surface area (Å²) in [5, 5.41) is 10.2. The molecular weight excluding hydrogens is 412 g/mol. The molecule has 7 heteroatoms. The van der Waals surface area contributed by atoms with E-state index in [1.54, 1.807) is 12.2 Å². The maximum Gasteiger partial charge on any atom is 0.509 e. The van der Waals surface area contributed by atoms with Crippen molar-refractivity contribution in [1.82, 2.24) is 0 Å². The third kappa shape index (κ3) is 8.08. The molecule has 5 atom stereocenters. The summed E-state index contributed by atoms with van der Waals surface area (Å²) in [6.45, 7) is 6.48. The lowest BCUT2D eigenvalue weighted by Gasteiger charge is -2.18. The quantitative estimate of drug-likeness (QED) is 0.180. The fraction of sp³-hybridized carbons (Fsp3) is 0.720. The molecule has 0 aromatic carbocycles. The van der Waals surface area contributed by atoms with Crippen LogP contribution in [0.25, 0.3) is 0 Å². The first-order valence-electron chi connectivity index (χ1n) is 11.9. The summed E-state index contributed by atoms with van der Waals surface area (Å²) in [5.74, 6) is -0.736. The van der Waals surface area contributed by atoms with E-state index in [9.17, 15) is 19.5 Å². The second-order valence-corrected chi connectivity index (χ2v) is 9.12. The number of ether oxygens (including phenoxy) is 3. The molecule has 4 unspecified atom stereocenters. The maximum absolute atomic E-state index is 12.8. The van der Waals surface area contributed by atoms with Crippen LogP contribution in [0.3, 0.4) is 0 Å². The van der Waals surface area contributed by atoms with E-state index in [0.29, 0.717) is 31.8 Å². The summed E-state index contributed by atoms with van der Waals surface area (Å²) >= 11 is 0. The Morgan fingerprint density at radius 1 is 1.16 bits per heavy atom. The van der Waals surface area contributed by atoms with Crippen LogP contribution in [0.5, 0.6) is 0 Å². The lowest BCUT2D eigenvalue weighted by atomic mass is 9.88.